The monoisotopic (exact) mass is 332 g/mol. The fourth-order valence-corrected chi connectivity index (χ4v) is 2.44. The topological polar surface area (TPSA) is 51.7 Å². The summed E-state index contributed by atoms with van der Waals surface area (Å²) in [6.45, 7) is 3.04. The fraction of sp³-hybridized carbons (Fsp3) is 0.294. The molecule has 1 aliphatic heterocycles. The van der Waals surface area contributed by atoms with E-state index in [1.807, 2.05) is 31.2 Å². The number of likely N-dealkylation sites (tertiary alicyclic amines) is 1. The third-order valence-corrected chi connectivity index (χ3v) is 3.84. The van der Waals surface area contributed by atoms with Gasteiger partial charge in [-0.3, -0.25) is 4.79 Å². The van der Waals surface area contributed by atoms with Gasteiger partial charge in [-0.05, 0) is 36.8 Å². The first-order valence-electron chi connectivity index (χ1n) is 7.36. The molecular weight excluding hydrogens is 316 g/mol. The Hall–Kier alpha value is -2.27. The zero-order valence-electron chi connectivity index (χ0n) is 12.7. The molecule has 0 aliphatic carbocycles. The van der Waals surface area contributed by atoms with E-state index in [1.165, 1.54) is 0 Å². The maximum Gasteiger partial charge on any atom is 0.260 e. The molecule has 3 rings (SSSR count). The van der Waals surface area contributed by atoms with Gasteiger partial charge in [0, 0.05) is 6.20 Å². The van der Waals surface area contributed by atoms with E-state index in [2.05, 4.69) is 4.98 Å². The average Bonchev–Trinajstić information content (AvgIpc) is 2.50. The summed E-state index contributed by atoms with van der Waals surface area (Å²) in [5.41, 5.74) is 1.10. The predicted octanol–water partition coefficient (Wildman–Crippen LogP) is 2.71. The molecule has 0 N–H and O–H groups in total. The lowest BCUT2D eigenvalue weighted by Crippen LogP contribution is -2.57. The SMILES string of the molecule is Cc1cccc(OCC(=O)N2CC(Oc3ncccc3Cl)C2)c1. The molecule has 5 nitrogen and oxygen atoms in total. The molecule has 23 heavy (non-hydrogen) atoms. The number of benzene rings is 1. The van der Waals surface area contributed by atoms with E-state index < -0.39 is 0 Å². The number of aryl methyl sites for hydroxylation is 1. The first kappa shape index (κ1) is 15.6. The minimum absolute atomic E-state index is 0.0283. The molecule has 2 aromatic rings. The number of amides is 1. The summed E-state index contributed by atoms with van der Waals surface area (Å²) in [4.78, 5) is 17.8. The van der Waals surface area contributed by atoms with E-state index in [1.54, 1.807) is 23.2 Å². The highest BCUT2D eigenvalue weighted by atomic mass is 35.5. The van der Waals surface area contributed by atoms with E-state index >= 15 is 0 Å². The van der Waals surface area contributed by atoms with Crippen molar-refractivity contribution in [1.82, 2.24) is 9.88 Å². The van der Waals surface area contributed by atoms with Gasteiger partial charge in [0.2, 0.25) is 5.88 Å². The van der Waals surface area contributed by atoms with E-state index in [0.717, 1.165) is 5.56 Å². The third-order valence-electron chi connectivity index (χ3n) is 3.56. The molecule has 1 aromatic carbocycles. The maximum atomic E-state index is 12.1. The molecule has 120 valence electrons. The molecule has 6 heteroatoms. The molecule has 2 heterocycles. The van der Waals surface area contributed by atoms with Crippen LogP contribution >= 0.6 is 11.6 Å². The summed E-state index contributed by atoms with van der Waals surface area (Å²) in [7, 11) is 0. The normalized spacial score (nSPS) is 14.3. The average molecular weight is 333 g/mol. The highest BCUT2D eigenvalue weighted by Gasteiger charge is 2.33. The van der Waals surface area contributed by atoms with Crippen molar-refractivity contribution in [3.63, 3.8) is 0 Å². The standard InChI is InChI=1S/C17H17ClN2O3/c1-12-4-2-5-13(8-12)22-11-16(21)20-9-14(10-20)23-17-15(18)6-3-7-19-17/h2-8,14H,9-11H2,1H3. The van der Waals surface area contributed by atoms with Gasteiger partial charge in [-0.15, -0.1) is 0 Å². The second-order valence-corrected chi connectivity index (χ2v) is 5.84. The van der Waals surface area contributed by atoms with Crippen molar-refractivity contribution >= 4 is 17.5 Å². The van der Waals surface area contributed by atoms with E-state index in [0.29, 0.717) is 29.7 Å². The second-order valence-electron chi connectivity index (χ2n) is 5.43. The third kappa shape index (κ3) is 3.93. The van der Waals surface area contributed by atoms with Crippen molar-refractivity contribution in [2.24, 2.45) is 0 Å². The number of pyridine rings is 1. The highest BCUT2D eigenvalue weighted by Crippen LogP contribution is 2.24. The molecule has 0 saturated carbocycles. The fourth-order valence-electron chi connectivity index (χ4n) is 2.27. The summed E-state index contributed by atoms with van der Waals surface area (Å²) in [6.07, 6.45) is 1.55. The first-order chi connectivity index (χ1) is 11.1. The van der Waals surface area contributed by atoms with Crippen molar-refractivity contribution in [3.05, 3.63) is 53.2 Å². The smallest absolute Gasteiger partial charge is 0.260 e. The Morgan fingerprint density at radius 1 is 1.35 bits per heavy atom. The Morgan fingerprint density at radius 2 is 2.17 bits per heavy atom. The minimum atomic E-state index is -0.0784. The van der Waals surface area contributed by atoms with Crippen LogP contribution in [0.4, 0.5) is 0 Å². The Bertz CT molecular complexity index is 702. The quantitative estimate of drug-likeness (QED) is 0.844. The Kier molecular flexibility index (Phi) is 4.67. The van der Waals surface area contributed by atoms with Crippen molar-refractivity contribution in [2.75, 3.05) is 19.7 Å². The van der Waals surface area contributed by atoms with Crippen molar-refractivity contribution < 1.29 is 14.3 Å². The van der Waals surface area contributed by atoms with Gasteiger partial charge in [0.15, 0.2) is 6.61 Å². The second kappa shape index (κ2) is 6.87. The number of carbonyl (C=O) groups excluding carboxylic acids is 1. The van der Waals surface area contributed by atoms with Crippen LogP contribution in [-0.2, 0) is 4.79 Å². The van der Waals surface area contributed by atoms with Crippen molar-refractivity contribution in [1.29, 1.82) is 0 Å². The van der Waals surface area contributed by atoms with Crippen LogP contribution in [0.15, 0.2) is 42.6 Å². The Balaban J connectivity index is 1.44. The predicted molar refractivity (Wildman–Crippen MR) is 86.9 cm³/mol. The van der Waals surface area contributed by atoms with Gasteiger partial charge >= 0.3 is 0 Å². The first-order valence-corrected chi connectivity index (χ1v) is 7.74. The van der Waals surface area contributed by atoms with Crippen LogP contribution in [0.25, 0.3) is 0 Å². The van der Waals surface area contributed by atoms with Crippen molar-refractivity contribution in [3.8, 4) is 11.6 Å². The molecular formula is C17H17ClN2O3. The van der Waals surface area contributed by atoms with Gasteiger partial charge in [-0.2, -0.15) is 0 Å². The summed E-state index contributed by atoms with van der Waals surface area (Å²) >= 11 is 5.99. The molecule has 0 unspecified atom stereocenters. The van der Waals surface area contributed by atoms with Crippen LogP contribution in [0.5, 0.6) is 11.6 Å². The number of hydrogen-bond donors (Lipinski definition) is 0. The van der Waals surface area contributed by atoms with E-state index in [9.17, 15) is 4.79 Å². The van der Waals surface area contributed by atoms with E-state index in [4.69, 9.17) is 21.1 Å². The number of aromatic nitrogens is 1. The van der Waals surface area contributed by atoms with Crippen LogP contribution < -0.4 is 9.47 Å². The maximum absolute atomic E-state index is 12.1. The number of carbonyl (C=O) groups is 1. The van der Waals surface area contributed by atoms with Crippen LogP contribution in [0.3, 0.4) is 0 Å². The van der Waals surface area contributed by atoms with Crippen LogP contribution in [0, 0.1) is 6.92 Å². The van der Waals surface area contributed by atoms with Gasteiger partial charge in [0.05, 0.1) is 13.1 Å². The molecule has 1 aliphatic rings. The number of rotatable bonds is 5. The molecule has 1 amide bonds. The van der Waals surface area contributed by atoms with Gasteiger partial charge in [-0.25, -0.2) is 4.98 Å². The van der Waals surface area contributed by atoms with Crippen molar-refractivity contribution in [2.45, 2.75) is 13.0 Å². The number of ether oxygens (including phenoxy) is 2. The molecule has 1 saturated heterocycles. The molecule has 1 aromatic heterocycles. The van der Waals surface area contributed by atoms with Gasteiger partial charge in [0.1, 0.15) is 16.9 Å². The summed E-state index contributed by atoms with van der Waals surface area (Å²) < 4.78 is 11.2. The lowest BCUT2D eigenvalue weighted by atomic mass is 10.1. The summed E-state index contributed by atoms with van der Waals surface area (Å²) in [6, 6.07) is 11.1. The summed E-state index contributed by atoms with van der Waals surface area (Å²) in [5, 5.41) is 0.472. The summed E-state index contributed by atoms with van der Waals surface area (Å²) in [5.74, 6) is 1.05. The highest BCUT2D eigenvalue weighted by molar-refractivity contribution is 6.31. The largest absolute Gasteiger partial charge is 0.484 e. The van der Waals surface area contributed by atoms with Gasteiger partial charge in [0.25, 0.3) is 5.91 Å². The minimum Gasteiger partial charge on any atom is -0.484 e. The number of halogens is 1. The Labute approximate surface area is 139 Å². The van der Waals surface area contributed by atoms with Crippen LogP contribution in [0.2, 0.25) is 5.02 Å². The Morgan fingerprint density at radius 3 is 2.91 bits per heavy atom. The zero-order chi connectivity index (χ0) is 16.2. The molecule has 0 spiro atoms. The molecule has 0 radical (unpaired) electrons. The lowest BCUT2D eigenvalue weighted by molar-refractivity contribution is -0.142. The molecule has 0 atom stereocenters. The number of hydrogen-bond acceptors (Lipinski definition) is 4. The molecule has 0 bridgehead atoms. The lowest BCUT2D eigenvalue weighted by Gasteiger charge is -2.38. The van der Waals surface area contributed by atoms with Gasteiger partial charge in [-0.1, -0.05) is 23.7 Å². The van der Waals surface area contributed by atoms with Crippen LogP contribution in [0.1, 0.15) is 5.56 Å². The number of nitrogens with zero attached hydrogens (tertiary/aromatic N) is 2. The zero-order valence-corrected chi connectivity index (χ0v) is 13.5. The van der Waals surface area contributed by atoms with E-state index in [-0.39, 0.29) is 18.6 Å². The molecule has 1 fully saturated rings. The van der Waals surface area contributed by atoms with Crippen LogP contribution in [-0.4, -0.2) is 41.6 Å². The van der Waals surface area contributed by atoms with Gasteiger partial charge < -0.3 is 14.4 Å².